The van der Waals surface area contributed by atoms with E-state index in [-0.39, 0.29) is 17.8 Å². The second-order valence-corrected chi connectivity index (χ2v) is 4.55. The summed E-state index contributed by atoms with van der Waals surface area (Å²) in [6, 6.07) is 0. The van der Waals surface area contributed by atoms with Crippen LogP contribution in [0.1, 0.15) is 26.2 Å². The maximum absolute atomic E-state index is 11.4. The lowest BCUT2D eigenvalue weighted by atomic mass is 9.85. The van der Waals surface area contributed by atoms with Gasteiger partial charge in [-0.15, -0.1) is 0 Å². The van der Waals surface area contributed by atoms with Crippen molar-refractivity contribution in [2.75, 3.05) is 20.2 Å². The van der Waals surface area contributed by atoms with Gasteiger partial charge in [0.1, 0.15) is 0 Å². The van der Waals surface area contributed by atoms with E-state index in [0.29, 0.717) is 6.54 Å². The van der Waals surface area contributed by atoms with Crippen LogP contribution in [0.25, 0.3) is 0 Å². The smallest absolute Gasteiger partial charge is 0.308 e. The number of ether oxygens (including phenoxy) is 1. The number of hydrogen-bond donors (Lipinski definition) is 0. The van der Waals surface area contributed by atoms with E-state index < -0.39 is 0 Å². The van der Waals surface area contributed by atoms with Crippen LogP contribution in [0, 0.1) is 5.92 Å². The van der Waals surface area contributed by atoms with E-state index in [9.17, 15) is 9.59 Å². The fraction of sp³-hybridized carbons (Fsp3) is 0.667. The van der Waals surface area contributed by atoms with E-state index in [0.717, 1.165) is 25.8 Å². The van der Waals surface area contributed by atoms with E-state index >= 15 is 0 Å². The minimum absolute atomic E-state index is 0.00402. The predicted octanol–water partition coefficient (Wildman–Crippen LogP) is 1.12. The molecule has 1 aliphatic carbocycles. The van der Waals surface area contributed by atoms with E-state index in [2.05, 4.69) is 0 Å². The van der Waals surface area contributed by atoms with Crippen LogP contribution in [0.4, 0.5) is 0 Å². The van der Waals surface area contributed by atoms with Crippen LogP contribution in [0.3, 0.4) is 0 Å². The maximum atomic E-state index is 11.4. The normalized spacial score (nSPS) is 24.4. The van der Waals surface area contributed by atoms with Crippen molar-refractivity contribution in [1.29, 1.82) is 0 Å². The molecule has 0 fully saturated rings. The first-order valence-electron chi connectivity index (χ1n) is 5.65. The Morgan fingerprint density at radius 2 is 2.00 bits per heavy atom. The number of esters is 1. The number of rotatable bonds is 1. The van der Waals surface area contributed by atoms with Crippen molar-refractivity contribution in [3.63, 3.8) is 0 Å². The first-order chi connectivity index (χ1) is 7.61. The molecule has 0 N–H and O–H groups in total. The molecule has 1 heterocycles. The molecule has 0 radical (unpaired) electrons. The van der Waals surface area contributed by atoms with E-state index in [4.69, 9.17) is 4.74 Å². The summed E-state index contributed by atoms with van der Waals surface area (Å²) in [6.45, 7) is 3.06. The zero-order chi connectivity index (χ0) is 11.7. The Morgan fingerprint density at radius 3 is 2.62 bits per heavy atom. The third kappa shape index (κ3) is 1.96. The van der Waals surface area contributed by atoms with E-state index in [1.807, 2.05) is 4.90 Å². The fourth-order valence-electron chi connectivity index (χ4n) is 2.54. The molecule has 1 amide bonds. The van der Waals surface area contributed by atoms with Crippen molar-refractivity contribution >= 4 is 11.9 Å². The van der Waals surface area contributed by atoms with Crippen LogP contribution in [0.15, 0.2) is 11.1 Å². The number of methoxy groups -OCH3 is 1. The van der Waals surface area contributed by atoms with Crippen LogP contribution >= 0.6 is 0 Å². The van der Waals surface area contributed by atoms with Gasteiger partial charge in [0.25, 0.3) is 0 Å². The Bertz CT molecular complexity index is 359. The van der Waals surface area contributed by atoms with Gasteiger partial charge in [-0.25, -0.2) is 0 Å². The minimum Gasteiger partial charge on any atom is -0.469 e. The summed E-state index contributed by atoms with van der Waals surface area (Å²) in [5.74, 6) is -0.00694. The lowest BCUT2D eigenvalue weighted by Crippen LogP contribution is -2.26. The molecule has 1 aliphatic heterocycles. The molecule has 4 heteroatoms. The molecule has 0 unspecified atom stereocenters. The van der Waals surface area contributed by atoms with Crippen molar-refractivity contribution in [3.8, 4) is 0 Å². The van der Waals surface area contributed by atoms with Gasteiger partial charge in [0.2, 0.25) is 5.91 Å². The molecule has 4 nitrogen and oxygen atoms in total. The summed E-state index contributed by atoms with van der Waals surface area (Å²) in [6.07, 6.45) is 2.56. The number of hydrogen-bond acceptors (Lipinski definition) is 3. The SMILES string of the molecule is COC(=O)[C@@H]1CCC2=C(C1)CN(C(C)=O)C2. The lowest BCUT2D eigenvalue weighted by Gasteiger charge is -2.20. The zero-order valence-electron chi connectivity index (χ0n) is 9.78. The Hall–Kier alpha value is -1.32. The summed E-state index contributed by atoms with van der Waals surface area (Å²) < 4.78 is 4.77. The fourth-order valence-corrected chi connectivity index (χ4v) is 2.54. The van der Waals surface area contributed by atoms with Crippen molar-refractivity contribution < 1.29 is 14.3 Å². The Morgan fingerprint density at radius 1 is 1.31 bits per heavy atom. The Balaban J connectivity index is 2.02. The number of amides is 1. The molecular formula is C12H17NO3. The summed E-state index contributed by atoms with van der Waals surface area (Å²) in [5, 5.41) is 0. The molecule has 1 atom stereocenters. The van der Waals surface area contributed by atoms with Crippen molar-refractivity contribution in [1.82, 2.24) is 4.90 Å². The van der Waals surface area contributed by atoms with Gasteiger partial charge in [0.15, 0.2) is 0 Å². The minimum atomic E-state index is -0.118. The average Bonchev–Trinajstić information content (AvgIpc) is 2.70. The van der Waals surface area contributed by atoms with Gasteiger partial charge < -0.3 is 9.64 Å². The number of carbonyl (C=O) groups excluding carboxylic acids is 2. The van der Waals surface area contributed by atoms with E-state index in [1.54, 1.807) is 6.92 Å². The van der Waals surface area contributed by atoms with Gasteiger partial charge in [-0.05, 0) is 30.4 Å². The Labute approximate surface area is 95.2 Å². The summed E-state index contributed by atoms with van der Waals surface area (Å²) in [5.41, 5.74) is 2.63. The summed E-state index contributed by atoms with van der Waals surface area (Å²) >= 11 is 0. The monoisotopic (exact) mass is 223 g/mol. The van der Waals surface area contributed by atoms with Gasteiger partial charge in [-0.3, -0.25) is 9.59 Å². The second-order valence-electron chi connectivity index (χ2n) is 4.55. The molecule has 0 spiro atoms. The largest absolute Gasteiger partial charge is 0.469 e. The zero-order valence-corrected chi connectivity index (χ0v) is 9.78. The molecule has 2 aliphatic rings. The van der Waals surface area contributed by atoms with Gasteiger partial charge >= 0.3 is 5.97 Å². The lowest BCUT2D eigenvalue weighted by molar-refractivity contribution is -0.145. The Kier molecular flexibility index (Phi) is 2.99. The molecule has 0 aromatic heterocycles. The van der Waals surface area contributed by atoms with Crippen LogP contribution < -0.4 is 0 Å². The van der Waals surface area contributed by atoms with Crippen molar-refractivity contribution in [3.05, 3.63) is 11.1 Å². The highest BCUT2D eigenvalue weighted by atomic mass is 16.5. The highest BCUT2D eigenvalue weighted by Gasteiger charge is 2.32. The summed E-state index contributed by atoms with van der Waals surface area (Å²) in [7, 11) is 1.43. The van der Waals surface area contributed by atoms with Crippen molar-refractivity contribution in [2.45, 2.75) is 26.2 Å². The highest BCUT2D eigenvalue weighted by molar-refractivity contribution is 5.76. The van der Waals surface area contributed by atoms with Crippen LogP contribution in [0.5, 0.6) is 0 Å². The molecule has 0 bridgehead atoms. The maximum Gasteiger partial charge on any atom is 0.308 e. The first-order valence-corrected chi connectivity index (χ1v) is 5.65. The predicted molar refractivity (Wildman–Crippen MR) is 58.6 cm³/mol. The third-order valence-electron chi connectivity index (χ3n) is 3.53. The standard InChI is InChI=1S/C12H17NO3/c1-8(14)13-6-10-4-3-9(12(15)16-2)5-11(10)7-13/h9H,3-7H2,1-2H3/t9-/m1/s1. The van der Waals surface area contributed by atoms with Gasteiger partial charge in [0.05, 0.1) is 13.0 Å². The average molecular weight is 223 g/mol. The van der Waals surface area contributed by atoms with Gasteiger partial charge in [0, 0.05) is 20.0 Å². The van der Waals surface area contributed by atoms with Crippen LogP contribution in [-0.4, -0.2) is 37.0 Å². The third-order valence-corrected chi connectivity index (χ3v) is 3.53. The second kappa shape index (κ2) is 4.28. The summed E-state index contributed by atoms with van der Waals surface area (Å²) in [4.78, 5) is 24.6. The van der Waals surface area contributed by atoms with Crippen LogP contribution in [-0.2, 0) is 14.3 Å². The molecule has 0 saturated heterocycles. The quantitative estimate of drug-likeness (QED) is 0.494. The van der Waals surface area contributed by atoms with Gasteiger partial charge in [-0.2, -0.15) is 0 Å². The van der Waals surface area contributed by atoms with Crippen molar-refractivity contribution in [2.24, 2.45) is 5.92 Å². The molecule has 0 aromatic carbocycles. The van der Waals surface area contributed by atoms with Gasteiger partial charge in [-0.1, -0.05) is 0 Å². The van der Waals surface area contributed by atoms with Crippen LogP contribution in [0.2, 0.25) is 0 Å². The molecule has 0 aromatic rings. The molecule has 0 saturated carbocycles. The highest BCUT2D eigenvalue weighted by Crippen LogP contribution is 2.34. The molecule has 16 heavy (non-hydrogen) atoms. The molecule has 2 rings (SSSR count). The number of nitrogens with zero attached hydrogens (tertiary/aromatic N) is 1. The first kappa shape index (κ1) is 11.2. The number of carbonyl (C=O) groups is 2. The molecular weight excluding hydrogens is 206 g/mol. The van der Waals surface area contributed by atoms with E-state index in [1.165, 1.54) is 18.3 Å². The molecule has 88 valence electrons. The topological polar surface area (TPSA) is 46.6 Å².